The average molecular weight is 276 g/mol. The third-order valence-corrected chi connectivity index (χ3v) is 3.47. The topological polar surface area (TPSA) is 49.4 Å². The molecule has 0 atom stereocenters. The van der Waals surface area contributed by atoms with Crippen molar-refractivity contribution >= 4 is 17.4 Å². The van der Waals surface area contributed by atoms with Crippen molar-refractivity contribution in [3.63, 3.8) is 0 Å². The summed E-state index contributed by atoms with van der Waals surface area (Å²) in [6.07, 6.45) is 0.438. The van der Waals surface area contributed by atoms with Crippen LogP contribution in [0.25, 0.3) is 0 Å². The fraction of sp³-hybridized carbons (Fsp3) is 0.500. The van der Waals surface area contributed by atoms with Crippen molar-refractivity contribution in [2.45, 2.75) is 34.1 Å². The predicted octanol–water partition coefficient (Wildman–Crippen LogP) is 2.87. The van der Waals surface area contributed by atoms with Crippen LogP contribution in [0.3, 0.4) is 0 Å². The van der Waals surface area contributed by atoms with Crippen molar-refractivity contribution in [3.05, 3.63) is 29.3 Å². The molecule has 4 nitrogen and oxygen atoms in total. The smallest absolute Gasteiger partial charge is 0.225 e. The lowest BCUT2D eigenvalue weighted by molar-refractivity contribution is -0.116. The molecule has 0 saturated carbocycles. The molecular weight excluding hydrogens is 252 g/mol. The van der Waals surface area contributed by atoms with Crippen LogP contribution in [0.4, 0.5) is 5.69 Å². The maximum Gasteiger partial charge on any atom is 0.225 e. The Bertz CT molecular complexity index is 479. The summed E-state index contributed by atoms with van der Waals surface area (Å²) in [6.45, 7) is 10.2. The van der Waals surface area contributed by atoms with Gasteiger partial charge in [0.2, 0.25) is 5.91 Å². The molecule has 0 aliphatic carbocycles. The number of nitrogens with one attached hydrogen (secondary N) is 1. The van der Waals surface area contributed by atoms with Gasteiger partial charge >= 0.3 is 0 Å². The monoisotopic (exact) mass is 276 g/mol. The van der Waals surface area contributed by atoms with Gasteiger partial charge in [0.15, 0.2) is 5.78 Å². The van der Waals surface area contributed by atoms with Gasteiger partial charge in [0.25, 0.3) is 0 Å². The number of nitrogens with zero attached hydrogens (tertiary/aromatic N) is 1. The molecule has 1 amide bonds. The van der Waals surface area contributed by atoms with Gasteiger partial charge in [0.05, 0.1) is 5.69 Å². The number of carbonyl (C=O) groups excluding carboxylic acids is 2. The highest BCUT2D eigenvalue weighted by Gasteiger charge is 2.13. The van der Waals surface area contributed by atoms with Gasteiger partial charge in [-0.3, -0.25) is 9.59 Å². The van der Waals surface area contributed by atoms with Gasteiger partial charge in [0.1, 0.15) is 0 Å². The number of carbonyl (C=O) groups is 2. The molecule has 0 radical (unpaired) electrons. The van der Waals surface area contributed by atoms with E-state index in [4.69, 9.17) is 0 Å². The lowest BCUT2D eigenvalue weighted by Gasteiger charge is -2.18. The van der Waals surface area contributed by atoms with Crippen LogP contribution in [0.2, 0.25) is 0 Å². The van der Waals surface area contributed by atoms with Crippen LogP contribution in [0.15, 0.2) is 18.2 Å². The van der Waals surface area contributed by atoms with E-state index in [1.807, 2.05) is 19.1 Å². The molecule has 0 aromatic heterocycles. The molecule has 0 unspecified atom stereocenters. The van der Waals surface area contributed by atoms with Crippen LogP contribution >= 0.6 is 0 Å². The summed E-state index contributed by atoms with van der Waals surface area (Å²) >= 11 is 0. The van der Waals surface area contributed by atoms with Crippen LogP contribution < -0.4 is 5.32 Å². The van der Waals surface area contributed by atoms with Crippen molar-refractivity contribution in [2.24, 2.45) is 0 Å². The molecule has 0 aliphatic rings. The fourth-order valence-electron chi connectivity index (χ4n) is 2.13. The van der Waals surface area contributed by atoms with Crippen molar-refractivity contribution in [2.75, 3.05) is 25.0 Å². The summed E-state index contributed by atoms with van der Waals surface area (Å²) in [6, 6.07) is 5.47. The highest BCUT2D eigenvalue weighted by Crippen LogP contribution is 2.21. The first-order chi connectivity index (χ1) is 9.49. The van der Waals surface area contributed by atoms with Crippen molar-refractivity contribution in [1.82, 2.24) is 4.90 Å². The largest absolute Gasteiger partial charge is 0.325 e. The van der Waals surface area contributed by atoms with Gasteiger partial charge in [-0.1, -0.05) is 26.0 Å². The van der Waals surface area contributed by atoms with Gasteiger partial charge < -0.3 is 10.2 Å². The molecule has 0 aliphatic heterocycles. The maximum atomic E-state index is 12.0. The van der Waals surface area contributed by atoms with Crippen LogP contribution in [0.1, 0.15) is 43.1 Å². The highest BCUT2D eigenvalue weighted by molar-refractivity contribution is 6.04. The molecule has 1 aromatic rings. The second kappa shape index (κ2) is 7.80. The standard InChI is InChI=1S/C16H24N2O2/c1-5-18(6-2)11-10-15(20)17-16-12(3)8-7-9-14(16)13(4)19/h7-9H,5-6,10-11H2,1-4H3,(H,17,20). The molecule has 1 rings (SSSR count). The Labute approximate surface area is 121 Å². The van der Waals surface area contributed by atoms with E-state index < -0.39 is 0 Å². The van der Waals surface area contributed by atoms with E-state index in [0.29, 0.717) is 17.7 Å². The molecule has 0 bridgehead atoms. The number of hydrogen-bond donors (Lipinski definition) is 1. The Morgan fingerprint density at radius 2 is 1.85 bits per heavy atom. The van der Waals surface area contributed by atoms with E-state index in [2.05, 4.69) is 24.1 Å². The van der Waals surface area contributed by atoms with Crippen molar-refractivity contribution in [3.8, 4) is 0 Å². The lowest BCUT2D eigenvalue weighted by Crippen LogP contribution is -2.27. The molecule has 0 fully saturated rings. The van der Waals surface area contributed by atoms with E-state index in [1.54, 1.807) is 6.07 Å². The second-order valence-electron chi connectivity index (χ2n) is 4.88. The first kappa shape index (κ1) is 16.4. The normalized spacial score (nSPS) is 10.7. The Morgan fingerprint density at radius 1 is 1.20 bits per heavy atom. The minimum atomic E-state index is -0.0475. The van der Waals surface area contributed by atoms with E-state index in [-0.39, 0.29) is 11.7 Å². The molecule has 4 heteroatoms. The molecular formula is C16H24N2O2. The van der Waals surface area contributed by atoms with Gasteiger partial charge in [-0.2, -0.15) is 0 Å². The summed E-state index contributed by atoms with van der Waals surface area (Å²) in [5, 5.41) is 2.88. The van der Waals surface area contributed by atoms with Crippen molar-refractivity contribution < 1.29 is 9.59 Å². The molecule has 1 aromatic carbocycles. The molecule has 110 valence electrons. The Balaban J connectivity index is 2.73. The third-order valence-electron chi connectivity index (χ3n) is 3.47. The number of para-hydroxylation sites is 1. The van der Waals surface area contributed by atoms with E-state index in [1.165, 1.54) is 6.92 Å². The van der Waals surface area contributed by atoms with E-state index >= 15 is 0 Å². The zero-order valence-corrected chi connectivity index (χ0v) is 12.8. The van der Waals surface area contributed by atoms with Gasteiger partial charge in [0, 0.05) is 18.5 Å². The fourth-order valence-corrected chi connectivity index (χ4v) is 2.13. The van der Waals surface area contributed by atoms with E-state index in [0.717, 1.165) is 25.2 Å². The van der Waals surface area contributed by atoms with Crippen molar-refractivity contribution in [1.29, 1.82) is 0 Å². The first-order valence-electron chi connectivity index (χ1n) is 7.12. The Hall–Kier alpha value is -1.68. The number of benzene rings is 1. The summed E-state index contributed by atoms with van der Waals surface area (Å²) < 4.78 is 0. The zero-order chi connectivity index (χ0) is 15.1. The Kier molecular flexibility index (Phi) is 6.39. The summed E-state index contributed by atoms with van der Waals surface area (Å²) in [5.41, 5.74) is 2.12. The maximum absolute atomic E-state index is 12.0. The van der Waals surface area contributed by atoms with Gasteiger partial charge in [-0.15, -0.1) is 0 Å². The SMILES string of the molecule is CCN(CC)CCC(=O)Nc1c(C)cccc1C(C)=O. The second-order valence-corrected chi connectivity index (χ2v) is 4.88. The number of Topliss-reactive ketones (excluding diaryl/α,β-unsaturated/α-hetero) is 1. The molecule has 1 N–H and O–H groups in total. The van der Waals surface area contributed by atoms with Crippen LogP contribution in [0.5, 0.6) is 0 Å². The summed E-state index contributed by atoms with van der Waals surface area (Å²) in [7, 11) is 0. The number of aryl methyl sites for hydroxylation is 1. The number of amides is 1. The lowest BCUT2D eigenvalue weighted by atomic mass is 10.0. The molecule has 0 heterocycles. The number of anilines is 1. The summed E-state index contributed by atoms with van der Waals surface area (Å²) in [5.74, 6) is -0.0820. The number of ketones is 1. The van der Waals surface area contributed by atoms with E-state index in [9.17, 15) is 9.59 Å². The van der Waals surface area contributed by atoms with Gasteiger partial charge in [-0.05, 0) is 38.6 Å². The average Bonchev–Trinajstić information content (AvgIpc) is 2.42. The minimum absolute atomic E-state index is 0.0345. The number of hydrogen-bond acceptors (Lipinski definition) is 3. The zero-order valence-electron chi connectivity index (χ0n) is 12.8. The first-order valence-corrected chi connectivity index (χ1v) is 7.12. The quantitative estimate of drug-likeness (QED) is 0.779. The van der Waals surface area contributed by atoms with Gasteiger partial charge in [-0.25, -0.2) is 0 Å². The summed E-state index contributed by atoms with van der Waals surface area (Å²) in [4.78, 5) is 25.8. The number of rotatable bonds is 7. The van der Waals surface area contributed by atoms with Crippen LogP contribution in [-0.4, -0.2) is 36.2 Å². The van der Waals surface area contributed by atoms with Crippen LogP contribution in [0, 0.1) is 6.92 Å². The minimum Gasteiger partial charge on any atom is -0.325 e. The molecule has 20 heavy (non-hydrogen) atoms. The predicted molar refractivity (Wildman–Crippen MR) is 82.2 cm³/mol. The highest BCUT2D eigenvalue weighted by atomic mass is 16.1. The third kappa shape index (κ3) is 4.46. The molecule has 0 saturated heterocycles. The molecule has 0 spiro atoms. The Morgan fingerprint density at radius 3 is 2.40 bits per heavy atom. The van der Waals surface area contributed by atoms with Crippen LogP contribution in [-0.2, 0) is 4.79 Å².